The molecule has 1 fully saturated rings. The average molecular weight is 1040 g/mol. The smallest absolute Gasteiger partial charge is 0.490 e. The first kappa shape index (κ1) is 49.9. The highest BCUT2D eigenvalue weighted by Gasteiger charge is 2.43. The number of phosphoric ester groups is 1. The van der Waals surface area contributed by atoms with Gasteiger partial charge >= 0.3 is 23.5 Å². The number of carboxylic acids is 1. The second-order valence-electron chi connectivity index (χ2n) is 18.5. The van der Waals surface area contributed by atoms with Crippen LogP contribution < -0.4 is 35.2 Å². The minimum Gasteiger partial charge on any atom is -0.545 e. The van der Waals surface area contributed by atoms with E-state index in [4.69, 9.17) is 28.5 Å². The summed E-state index contributed by atoms with van der Waals surface area (Å²) in [4.78, 5) is 66.4. The molecule has 5 atom stereocenters. The zero-order valence-corrected chi connectivity index (χ0v) is 42.0. The lowest BCUT2D eigenvalue weighted by atomic mass is 9.81. The molecule has 9 rings (SSSR count). The molecule has 2 unspecified atom stereocenters. The third-order valence-corrected chi connectivity index (χ3v) is 19.7. The molecule has 6 aliphatic heterocycles. The van der Waals surface area contributed by atoms with E-state index in [9.17, 15) is 38.2 Å². The minimum absolute atomic E-state index is 0.0840. The molecule has 0 bridgehead atoms. The number of fused-ring (bicyclic) bond motifs is 4. The first-order chi connectivity index (χ1) is 32.2. The van der Waals surface area contributed by atoms with Crippen LogP contribution in [0.25, 0.3) is 5.57 Å². The number of benzene rings is 3. The van der Waals surface area contributed by atoms with Gasteiger partial charge in [-0.1, -0.05) is 27.7 Å². The molecular formula is C43H53BN3O16P3S2. The van der Waals surface area contributed by atoms with Crippen LogP contribution in [0.5, 0.6) is 11.5 Å². The van der Waals surface area contributed by atoms with E-state index in [0.717, 1.165) is 105 Å². The number of carboxylic acid groups (broad SMARTS) is 1. The van der Waals surface area contributed by atoms with Gasteiger partial charge in [-0.15, -0.1) is 0 Å². The summed E-state index contributed by atoms with van der Waals surface area (Å²) in [7, 11) is -12.1. The molecule has 3 aromatic rings. The monoisotopic (exact) mass is 1040 g/mol. The summed E-state index contributed by atoms with van der Waals surface area (Å²) < 4.78 is 67.9. The third kappa shape index (κ3) is 10.8. The van der Waals surface area contributed by atoms with Crippen molar-refractivity contribution in [2.45, 2.75) is 94.6 Å². The summed E-state index contributed by atoms with van der Waals surface area (Å²) in [6.07, 6.45) is 6.48. The Bertz CT molecular complexity index is 2840. The highest BCUT2D eigenvalue weighted by molar-refractivity contribution is 8.77. The van der Waals surface area contributed by atoms with Crippen LogP contribution in [-0.4, -0.2) is 108 Å². The van der Waals surface area contributed by atoms with Crippen molar-refractivity contribution in [3.63, 3.8) is 0 Å². The van der Waals surface area contributed by atoms with Crippen molar-refractivity contribution in [3.05, 3.63) is 85.4 Å². The maximum Gasteiger partial charge on any atom is 0.490 e. The zero-order valence-electron chi connectivity index (χ0n) is 37.7. The second-order valence-corrected chi connectivity index (χ2v) is 25.8. The van der Waals surface area contributed by atoms with Crippen molar-refractivity contribution in [1.82, 2.24) is 9.89 Å². The van der Waals surface area contributed by atoms with Gasteiger partial charge in [0.2, 0.25) is 5.36 Å². The van der Waals surface area contributed by atoms with Gasteiger partial charge in [0.05, 0.1) is 24.2 Å². The van der Waals surface area contributed by atoms with Gasteiger partial charge in [0.25, 0.3) is 5.91 Å². The number of nitrogens with zero attached hydrogens (tertiary/aromatic N) is 2. The van der Waals surface area contributed by atoms with Crippen LogP contribution in [-0.2, 0) is 62.0 Å². The standard InChI is InChI=1S/C43H53BN3O16P3S2/c1-43(2,68-67-23-58-33-20-35(44)60-34(33)21-59-65(54,55)63-66(56,57)62-64(51,52)53)22-45-41(48)26-11-12-27(30(19-26)42(49)50)36-31-17-24-7-3-13-46-15-5-9-28(37(24)46)39(31)61-40-29-10-6-16-47-14-4-8-25(38(29)47)18-32(36)40/h11-12,17-19,33-35H,3-10,13-16,20-23,44H2,1-2H3,(H5-,45,48,49,50,51,52,53,54,55,56,57)/t33-,34-,35-/m1/s1. The quantitative estimate of drug-likeness (QED) is 0.0254. The molecule has 25 heteroatoms. The molecule has 366 valence electrons. The summed E-state index contributed by atoms with van der Waals surface area (Å²) in [5.74, 6) is -0.134. The number of carbonyl (C=O) groups is 2. The molecule has 5 N–H and O–H groups in total. The fraction of sp³-hybridized carbons (Fsp3) is 0.512. The van der Waals surface area contributed by atoms with Gasteiger partial charge in [0.1, 0.15) is 44.5 Å². The van der Waals surface area contributed by atoms with E-state index in [0.29, 0.717) is 12.0 Å². The van der Waals surface area contributed by atoms with Crippen LogP contribution in [0.4, 0.5) is 5.69 Å². The molecule has 0 aliphatic carbocycles. The molecule has 1 amide bonds. The molecule has 6 heterocycles. The van der Waals surface area contributed by atoms with Crippen molar-refractivity contribution in [2.24, 2.45) is 0 Å². The Labute approximate surface area is 401 Å². The number of aromatic carboxylic acids is 1. The summed E-state index contributed by atoms with van der Waals surface area (Å²) in [5.41, 5.74) is 8.34. The SMILES string of the molecule is B[C@H]1C[C@@H](OCSSC(C)(C)CNC(=O)c2ccc(C3=c4cc5c6c(c4Oc4c3cc3c7c4CCCN7CCC3)CCC[N+]=6CCC5)c(C(=O)[O-])c2)[C@@H](COP(=O)(O)OP(=O)(O)OP(=O)(O)O)O1. The van der Waals surface area contributed by atoms with E-state index in [1.807, 2.05) is 13.8 Å². The van der Waals surface area contributed by atoms with Gasteiger partial charge in [0.15, 0.2) is 0 Å². The topological polar surface area (TPSA) is 263 Å². The number of ether oxygens (including phenoxy) is 3. The Morgan fingerprint density at radius 2 is 1.65 bits per heavy atom. The lowest BCUT2D eigenvalue weighted by Gasteiger charge is -2.39. The zero-order chi connectivity index (χ0) is 48.3. The van der Waals surface area contributed by atoms with Crippen LogP contribution in [0.2, 0.25) is 0 Å². The van der Waals surface area contributed by atoms with Gasteiger partial charge in [-0.25, -0.2) is 18.3 Å². The van der Waals surface area contributed by atoms with E-state index in [2.05, 4.69) is 35.5 Å². The number of aryl methyl sites for hydroxylation is 2. The van der Waals surface area contributed by atoms with E-state index in [-0.39, 0.29) is 29.6 Å². The second kappa shape index (κ2) is 19.5. The maximum atomic E-state index is 13.8. The van der Waals surface area contributed by atoms with E-state index in [1.54, 1.807) is 20.0 Å². The van der Waals surface area contributed by atoms with Crippen molar-refractivity contribution < 1.29 is 75.3 Å². The Morgan fingerprint density at radius 3 is 2.40 bits per heavy atom. The summed E-state index contributed by atoms with van der Waals surface area (Å²) in [6.45, 7) is 7.40. The summed E-state index contributed by atoms with van der Waals surface area (Å²) in [5, 5.41) is 18.3. The fourth-order valence-electron chi connectivity index (χ4n) is 10.3. The predicted molar refractivity (Wildman–Crippen MR) is 254 cm³/mol. The Balaban J connectivity index is 0.902. The molecule has 19 nitrogen and oxygen atoms in total. The minimum atomic E-state index is -5.68. The Hall–Kier alpha value is -3.04. The van der Waals surface area contributed by atoms with Crippen LogP contribution in [0, 0.1) is 0 Å². The Kier molecular flexibility index (Phi) is 14.3. The molecule has 1 saturated heterocycles. The van der Waals surface area contributed by atoms with Crippen molar-refractivity contribution >= 4 is 76.0 Å². The molecule has 0 spiro atoms. The highest BCUT2D eigenvalue weighted by Crippen LogP contribution is 2.66. The highest BCUT2D eigenvalue weighted by atomic mass is 33.1. The first-order valence-corrected chi connectivity index (χ1v) is 29.4. The number of anilines is 1. The maximum absolute atomic E-state index is 13.8. The average Bonchev–Trinajstić information content (AvgIpc) is 3.63. The molecule has 0 saturated carbocycles. The van der Waals surface area contributed by atoms with Crippen molar-refractivity contribution in [3.8, 4) is 11.5 Å². The normalized spacial score (nSPS) is 22.5. The van der Waals surface area contributed by atoms with Crippen molar-refractivity contribution in [2.75, 3.05) is 50.2 Å². The number of amides is 1. The molecule has 3 aromatic carbocycles. The largest absolute Gasteiger partial charge is 0.545 e. The number of phosphoric acid groups is 3. The molecule has 0 aromatic heterocycles. The van der Waals surface area contributed by atoms with Crippen LogP contribution in [0.15, 0.2) is 30.3 Å². The van der Waals surface area contributed by atoms with Gasteiger partial charge in [-0.2, -0.15) is 8.62 Å². The predicted octanol–water partition coefficient (Wildman–Crippen LogP) is 2.81. The van der Waals surface area contributed by atoms with Crippen LogP contribution in [0.3, 0.4) is 0 Å². The lowest BCUT2D eigenvalue weighted by molar-refractivity contribution is -0.255. The number of hydrogen-bond donors (Lipinski definition) is 5. The molecular weight excluding hydrogens is 982 g/mol. The van der Waals surface area contributed by atoms with Crippen molar-refractivity contribution in [1.29, 1.82) is 0 Å². The van der Waals surface area contributed by atoms with Crippen LogP contribution >= 0.6 is 45.1 Å². The first-order valence-electron chi connectivity index (χ1n) is 22.6. The summed E-state index contributed by atoms with van der Waals surface area (Å²) >= 11 is 0. The lowest BCUT2D eigenvalue weighted by Crippen LogP contribution is -2.45. The number of hydrogen-bond acceptors (Lipinski definition) is 15. The van der Waals surface area contributed by atoms with Gasteiger partial charge < -0.3 is 53.9 Å². The molecule has 68 heavy (non-hydrogen) atoms. The Morgan fingerprint density at radius 1 is 0.926 bits per heavy atom. The number of rotatable bonds is 17. The molecule has 6 aliphatic rings. The van der Waals surface area contributed by atoms with Gasteiger partial charge in [0, 0.05) is 87.5 Å². The number of nitrogens with one attached hydrogen (secondary N) is 1. The van der Waals surface area contributed by atoms with E-state index >= 15 is 0 Å². The third-order valence-electron chi connectivity index (χ3n) is 13.0. The van der Waals surface area contributed by atoms with E-state index in [1.165, 1.54) is 61.0 Å². The van der Waals surface area contributed by atoms with Gasteiger partial charge in [-0.3, -0.25) is 9.32 Å². The van der Waals surface area contributed by atoms with Gasteiger partial charge in [-0.05, 0) is 94.2 Å². The fourth-order valence-corrected chi connectivity index (χ4v) is 15.5. The number of carbonyl (C=O) groups excluding carboxylic acids is 2. The summed E-state index contributed by atoms with van der Waals surface area (Å²) in [6, 6.07) is 8.88. The van der Waals surface area contributed by atoms with E-state index < -0.39 is 58.9 Å². The van der Waals surface area contributed by atoms with Crippen LogP contribution in [0.1, 0.15) is 100 Å². The molecule has 0 radical (unpaired) electrons.